The van der Waals surface area contributed by atoms with Crippen LogP contribution in [-0.4, -0.2) is 14.9 Å². The Morgan fingerprint density at radius 3 is 2.62 bits per heavy atom. The third kappa shape index (κ3) is 2.67. The van der Waals surface area contributed by atoms with Crippen molar-refractivity contribution in [3.8, 4) is 0 Å². The molecule has 1 rings (SSSR count). The predicted molar refractivity (Wildman–Crippen MR) is 56.6 cm³/mol. The Labute approximate surface area is 82.5 Å². The lowest BCUT2D eigenvalue weighted by Gasteiger charge is -2.03. The summed E-state index contributed by atoms with van der Waals surface area (Å²) in [5.74, 6) is 0.296. The fourth-order valence-electron chi connectivity index (χ4n) is 0.730. The van der Waals surface area contributed by atoms with Crippen molar-refractivity contribution in [1.29, 1.82) is 4.78 Å². The minimum Gasteiger partial charge on any atom is -0.275 e. The summed E-state index contributed by atoms with van der Waals surface area (Å²) < 4.78 is 21.4. The fourth-order valence-corrected chi connectivity index (χ4v) is 2.44. The van der Waals surface area contributed by atoms with Gasteiger partial charge < -0.3 is 0 Å². The van der Waals surface area contributed by atoms with E-state index in [1.54, 1.807) is 6.92 Å². The molecule has 4 nitrogen and oxygen atoms in total. The van der Waals surface area contributed by atoms with Gasteiger partial charge in [0.15, 0.2) is 5.13 Å². The average molecular weight is 219 g/mol. The number of thiazole rings is 1. The van der Waals surface area contributed by atoms with Crippen LogP contribution in [0.2, 0.25) is 0 Å². The first-order valence-electron chi connectivity index (χ1n) is 3.93. The Morgan fingerprint density at radius 2 is 2.23 bits per heavy atom. The van der Waals surface area contributed by atoms with Gasteiger partial charge in [-0.25, -0.2) is 14.0 Å². The molecular formula is C7H13N3OS2. The molecule has 1 aromatic heterocycles. The summed E-state index contributed by atoms with van der Waals surface area (Å²) in [6.07, 6.45) is 0. The molecule has 0 saturated heterocycles. The lowest BCUT2D eigenvalue weighted by atomic mass is 10.4. The van der Waals surface area contributed by atoms with Crippen LogP contribution in [0.1, 0.15) is 17.5 Å². The third-order valence-corrected chi connectivity index (χ3v) is 4.14. The van der Waals surface area contributed by atoms with E-state index in [-0.39, 0.29) is 0 Å². The summed E-state index contributed by atoms with van der Waals surface area (Å²) in [6, 6.07) is 0. The molecule has 1 heterocycles. The van der Waals surface area contributed by atoms with Gasteiger partial charge in [-0.2, -0.15) is 0 Å². The van der Waals surface area contributed by atoms with Crippen LogP contribution in [0.25, 0.3) is 0 Å². The second-order valence-corrected chi connectivity index (χ2v) is 6.06. The Balaban J connectivity index is 2.87. The van der Waals surface area contributed by atoms with Gasteiger partial charge in [-0.05, 0) is 13.8 Å². The molecule has 0 saturated carbocycles. The highest BCUT2D eigenvalue weighted by Crippen LogP contribution is 2.21. The van der Waals surface area contributed by atoms with Crippen molar-refractivity contribution in [3.05, 3.63) is 10.6 Å². The van der Waals surface area contributed by atoms with Crippen molar-refractivity contribution in [1.82, 2.24) is 4.98 Å². The number of aromatic nitrogens is 1. The van der Waals surface area contributed by atoms with Crippen LogP contribution in [-0.2, 0) is 9.92 Å². The molecule has 0 radical (unpaired) electrons. The maximum Gasteiger partial charge on any atom is 0.195 e. The molecule has 0 amide bonds. The van der Waals surface area contributed by atoms with Crippen LogP contribution < -0.4 is 4.72 Å². The number of hydrogen-bond donors (Lipinski definition) is 2. The van der Waals surface area contributed by atoms with Gasteiger partial charge in [0.05, 0.1) is 5.69 Å². The van der Waals surface area contributed by atoms with E-state index in [1.165, 1.54) is 11.3 Å². The highest BCUT2D eigenvalue weighted by molar-refractivity contribution is 7.93. The molecular weight excluding hydrogens is 206 g/mol. The molecule has 1 aromatic rings. The van der Waals surface area contributed by atoms with E-state index >= 15 is 0 Å². The summed E-state index contributed by atoms with van der Waals surface area (Å²) in [6.45, 7) is 5.57. The molecule has 0 bridgehead atoms. The number of nitrogens with zero attached hydrogens (tertiary/aromatic N) is 1. The maximum absolute atomic E-state index is 11.4. The largest absolute Gasteiger partial charge is 0.275 e. The molecule has 0 aliphatic heterocycles. The number of anilines is 1. The van der Waals surface area contributed by atoms with Crippen molar-refractivity contribution >= 4 is 26.4 Å². The van der Waals surface area contributed by atoms with Gasteiger partial charge in [0.2, 0.25) is 0 Å². The highest BCUT2D eigenvalue weighted by Gasteiger charge is 2.07. The Bertz CT molecular complexity index is 374. The van der Waals surface area contributed by atoms with E-state index in [0.29, 0.717) is 10.9 Å². The standard InChI is InChI=1S/C7H13N3OS2/c1-4-13(8,11)10-7-9-5(2)6(3)12-7/h4H2,1-3H3,(H2,8,9,10,11). The van der Waals surface area contributed by atoms with Crippen LogP contribution in [0.5, 0.6) is 0 Å². The van der Waals surface area contributed by atoms with Crippen molar-refractivity contribution < 1.29 is 4.21 Å². The molecule has 0 fully saturated rings. The summed E-state index contributed by atoms with van der Waals surface area (Å²) in [5, 5.41) is 0.580. The number of nitrogens with one attached hydrogen (secondary N) is 2. The van der Waals surface area contributed by atoms with Gasteiger partial charge in [0.25, 0.3) is 0 Å². The van der Waals surface area contributed by atoms with Crippen molar-refractivity contribution in [2.75, 3.05) is 10.5 Å². The van der Waals surface area contributed by atoms with E-state index in [2.05, 4.69) is 9.71 Å². The minimum atomic E-state index is -2.68. The fraction of sp³-hybridized carbons (Fsp3) is 0.571. The Morgan fingerprint density at radius 1 is 1.62 bits per heavy atom. The van der Waals surface area contributed by atoms with Crippen molar-refractivity contribution in [2.45, 2.75) is 20.8 Å². The molecule has 2 N–H and O–H groups in total. The molecule has 1 atom stereocenters. The second kappa shape index (κ2) is 3.63. The number of aryl methyl sites for hydroxylation is 2. The van der Waals surface area contributed by atoms with Gasteiger partial charge in [-0.3, -0.25) is 4.72 Å². The lowest BCUT2D eigenvalue weighted by Crippen LogP contribution is -2.12. The normalized spacial score (nSPS) is 15.3. The molecule has 13 heavy (non-hydrogen) atoms. The van der Waals surface area contributed by atoms with E-state index in [4.69, 9.17) is 4.78 Å². The molecule has 0 aliphatic rings. The van der Waals surface area contributed by atoms with Crippen LogP contribution in [0.15, 0.2) is 0 Å². The average Bonchev–Trinajstić information content (AvgIpc) is 2.30. The van der Waals surface area contributed by atoms with Crippen LogP contribution in [0, 0.1) is 18.6 Å². The molecule has 0 aromatic carbocycles. The summed E-state index contributed by atoms with van der Waals surface area (Å²) in [4.78, 5) is 5.24. The Hall–Kier alpha value is -0.620. The zero-order valence-corrected chi connectivity index (χ0v) is 9.51. The van der Waals surface area contributed by atoms with E-state index in [0.717, 1.165) is 10.6 Å². The van der Waals surface area contributed by atoms with Gasteiger partial charge in [0, 0.05) is 10.6 Å². The zero-order valence-electron chi connectivity index (χ0n) is 7.88. The first-order chi connectivity index (χ1) is 5.94. The predicted octanol–water partition coefficient (Wildman–Crippen LogP) is 2.15. The summed E-state index contributed by atoms with van der Waals surface area (Å²) in [7, 11) is -2.68. The molecule has 6 heteroatoms. The lowest BCUT2D eigenvalue weighted by molar-refractivity contribution is 0.679. The molecule has 0 spiro atoms. The topological polar surface area (TPSA) is 65.8 Å². The van der Waals surface area contributed by atoms with Gasteiger partial charge in [0.1, 0.15) is 9.92 Å². The SMILES string of the molecule is CCS(=N)(=O)Nc1nc(C)c(C)s1. The van der Waals surface area contributed by atoms with Crippen LogP contribution in [0.3, 0.4) is 0 Å². The van der Waals surface area contributed by atoms with Crippen LogP contribution >= 0.6 is 11.3 Å². The maximum atomic E-state index is 11.4. The molecule has 0 aliphatic carbocycles. The monoisotopic (exact) mass is 219 g/mol. The Kier molecular flexibility index (Phi) is 2.92. The number of rotatable bonds is 3. The zero-order chi connectivity index (χ0) is 10.1. The minimum absolute atomic E-state index is 0.296. The molecule has 1 unspecified atom stereocenters. The second-order valence-electron chi connectivity index (χ2n) is 2.73. The van der Waals surface area contributed by atoms with Gasteiger partial charge in [-0.1, -0.05) is 6.92 Å². The van der Waals surface area contributed by atoms with Crippen molar-refractivity contribution in [3.63, 3.8) is 0 Å². The van der Waals surface area contributed by atoms with E-state index in [1.807, 2.05) is 13.8 Å². The van der Waals surface area contributed by atoms with Crippen molar-refractivity contribution in [2.24, 2.45) is 0 Å². The first-order valence-corrected chi connectivity index (χ1v) is 6.47. The van der Waals surface area contributed by atoms with Gasteiger partial charge >= 0.3 is 0 Å². The van der Waals surface area contributed by atoms with Gasteiger partial charge in [-0.15, -0.1) is 11.3 Å². The van der Waals surface area contributed by atoms with E-state index in [9.17, 15) is 4.21 Å². The smallest absolute Gasteiger partial charge is 0.195 e. The third-order valence-electron chi connectivity index (χ3n) is 1.69. The number of hydrogen-bond acceptors (Lipinski definition) is 4. The molecule has 74 valence electrons. The summed E-state index contributed by atoms with van der Waals surface area (Å²) in [5.41, 5.74) is 0.929. The highest BCUT2D eigenvalue weighted by atomic mass is 32.2. The summed E-state index contributed by atoms with van der Waals surface area (Å²) >= 11 is 1.44. The first kappa shape index (κ1) is 10.5. The quantitative estimate of drug-likeness (QED) is 0.818. The van der Waals surface area contributed by atoms with E-state index < -0.39 is 9.92 Å². The van der Waals surface area contributed by atoms with Crippen LogP contribution in [0.4, 0.5) is 5.13 Å².